The summed E-state index contributed by atoms with van der Waals surface area (Å²) < 4.78 is 5.22. The number of nitrogens with zero attached hydrogens (tertiary/aromatic N) is 2. The zero-order chi connectivity index (χ0) is 13.0. The molecule has 0 spiro atoms. The van der Waals surface area contributed by atoms with Crippen LogP contribution in [-0.2, 0) is 4.74 Å². The maximum atomic E-state index is 11.9. The van der Waals surface area contributed by atoms with Gasteiger partial charge < -0.3 is 25.9 Å². The molecule has 0 aromatic rings. The largest absolute Gasteiger partial charge is 0.409 e. The number of ether oxygens (including phenoxy) is 1. The Kier molecular flexibility index (Phi) is 4.24. The number of carbonyl (C=O) groups excluding carboxylic acids is 1. The van der Waals surface area contributed by atoms with Crippen LogP contribution in [0.2, 0.25) is 0 Å². The normalized spacial score (nSPS) is 26.3. The molecular weight excluding hydrogens is 236 g/mol. The molecule has 4 N–H and O–H groups in total. The highest BCUT2D eigenvalue weighted by molar-refractivity contribution is 5.82. The van der Waals surface area contributed by atoms with Gasteiger partial charge in [0, 0.05) is 25.6 Å². The van der Waals surface area contributed by atoms with Crippen molar-refractivity contribution in [1.82, 2.24) is 10.2 Å². The Hall–Kier alpha value is -1.50. The minimum absolute atomic E-state index is 0.0385. The summed E-state index contributed by atoms with van der Waals surface area (Å²) in [7, 11) is 0. The molecule has 2 aliphatic rings. The number of oxime groups is 1. The average Bonchev–Trinajstić information content (AvgIpc) is 2.91. The lowest BCUT2D eigenvalue weighted by molar-refractivity contribution is 0.167. The third kappa shape index (κ3) is 3.04. The van der Waals surface area contributed by atoms with Crippen molar-refractivity contribution in [3.63, 3.8) is 0 Å². The highest BCUT2D eigenvalue weighted by atomic mass is 16.5. The molecule has 0 aromatic carbocycles. The lowest BCUT2D eigenvalue weighted by atomic mass is 9.96. The standard InChI is InChI=1S/C11H20N4O3/c12-10(14-17)8-1-4-15(5-2-8)11(16)13-9-3-6-18-7-9/h8-9,17H,1-7H2,(H2,12,14)(H,13,16). The Morgan fingerprint density at radius 2 is 2.11 bits per heavy atom. The van der Waals surface area contributed by atoms with Gasteiger partial charge >= 0.3 is 6.03 Å². The first kappa shape index (κ1) is 12.9. The zero-order valence-electron chi connectivity index (χ0n) is 10.3. The quantitative estimate of drug-likeness (QED) is 0.279. The highest BCUT2D eigenvalue weighted by Crippen LogP contribution is 2.17. The first-order valence-corrected chi connectivity index (χ1v) is 6.31. The van der Waals surface area contributed by atoms with Crippen LogP contribution in [-0.4, -0.2) is 54.3 Å². The SMILES string of the molecule is NC(=NO)C1CCN(C(=O)NC2CCOC2)CC1. The first-order valence-electron chi connectivity index (χ1n) is 6.31. The Morgan fingerprint density at radius 3 is 2.67 bits per heavy atom. The van der Waals surface area contributed by atoms with Crippen LogP contribution < -0.4 is 11.1 Å². The van der Waals surface area contributed by atoms with Gasteiger partial charge in [0.25, 0.3) is 0 Å². The van der Waals surface area contributed by atoms with Gasteiger partial charge in [0.1, 0.15) is 5.84 Å². The zero-order valence-corrected chi connectivity index (χ0v) is 10.3. The summed E-state index contributed by atoms with van der Waals surface area (Å²) in [5.74, 6) is 0.341. The van der Waals surface area contributed by atoms with Crippen molar-refractivity contribution in [2.75, 3.05) is 26.3 Å². The van der Waals surface area contributed by atoms with Crippen molar-refractivity contribution in [2.24, 2.45) is 16.8 Å². The summed E-state index contributed by atoms with van der Waals surface area (Å²) in [6.45, 7) is 2.60. The number of nitrogens with two attached hydrogens (primary N) is 1. The summed E-state index contributed by atoms with van der Waals surface area (Å²) >= 11 is 0. The van der Waals surface area contributed by atoms with E-state index in [0.29, 0.717) is 19.7 Å². The van der Waals surface area contributed by atoms with Crippen LogP contribution in [0.25, 0.3) is 0 Å². The van der Waals surface area contributed by atoms with Gasteiger partial charge in [-0.1, -0.05) is 5.16 Å². The van der Waals surface area contributed by atoms with Gasteiger partial charge in [-0.25, -0.2) is 4.79 Å². The predicted octanol–water partition coefficient (Wildman–Crippen LogP) is -0.0567. The van der Waals surface area contributed by atoms with Crippen LogP contribution in [0.15, 0.2) is 5.16 Å². The van der Waals surface area contributed by atoms with Crippen LogP contribution in [0.3, 0.4) is 0 Å². The molecule has 2 amide bonds. The highest BCUT2D eigenvalue weighted by Gasteiger charge is 2.27. The fraction of sp³-hybridized carbons (Fsp3) is 0.818. The van der Waals surface area contributed by atoms with E-state index in [2.05, 4.69) is 10.5 Å². The molecule has 7 nitrogen and oxygen atoms in total. The number of piperidine rings is 1. The van der Waals surface area contributed by atoms with E-state index in [1.807, 2.05) is 0 Å². The van der Waals surface area contributed by atoms with Crippen molar-refractivity contribution in [1.29, 1.82) is 0 Å². The molecule has 0 saturated carbocycles. The molecule has 0 radical (unpaired) electrons. The maximum absolute atomic E-state index is 11.9. The maximum Gasteiger partial charge on any atom is 0.317 e. The number of likely N-dealkylation sites (tertiary alicyclic amines) is 1. The molecule has 2 heterocycles. The lowest BCUT2D eigenvalue weighted by Crippen LogP contribution is -2.49. The number of amidine groups is 1. The van der Waals surface area contributed by atoms with E-state index >= 15 is 0 Å². The third-order valence-electron chi connectivity index (χ3n) is 3.57. The molecule has 18 heavy (non-hydrogen) atoms. The molecule has 2 fully saturated rings. The Morgan fingerprint density at radius 1 is 1.39 bits per heavy atom. The number of hydrogen-bond donors (Lipinski definition) is 3. The summed E-state index contributed by atoms with van der Waals surface area (Å²) in [5.41, 5.74) is 5.57. The Labute approximate surface area is 106 Å². The molecule has 1 atom stereocenters. The number of rotatable bonds is 2. The first-order chi connectivity index (χ1) is 8.70. The summed E-state index contributed by atoms with van der Waals surface area (Å²) in [6.07, 6.45) is 2.36. The Balaban J connectivity index is 1.76. The molecule has 0 aromatic heterocycles. The van der Waals surface area contributed by atoms with Crippen LogP contribution in [0.4, 0.5) is 4.79 Å². The molecule has 102 valence electrons. The topological polar surface area (TPSA) is 100 Å². The second-order valence-corrected chi connectivity index (χ2v) is 4.80. The van der Waals surface area contributed by atoms with E-state index in [9.17, 15) is 4.79 Å². The molecule has 7 heteroatoms. The average molecular weight is 256 g/mol. The van der Waals surface area contributed by atoms with Gasteiger partial charge in [0.15, 0.2) is 0 Å². The van der Waals surface area contributed by atoms with Crippen molar-refractivity contribution in [3.8, 4) is 0 Å². The monoisotopic (exact) mass is 256 g/mol. The third-order valence-corrected chi connectivity index (χ3v) is 3.57. The minimum Gasteiger partial charge on any atom is -0.409 e. The smallest absolute Gasteiger partial charge is 0.317 e. The van der Waals surface area contributed by atoms with E-state index in [0.717, 1.165) is 25.9 Å². The van der Waals surface area contributed by atoms with Gasteiger partial charge in [-0.3, -0.25) is 0 Å². The molecule has 0 aliphatic carbocycles. The fourth-order valence-electron chi connectivity index (χ4n) is 2.37. The molecule has 2 aliphatic heterocycles. The van der Waals surface area contributed by atoms with Crippen molar-refractivity contribution >= 4 is 11.9 Å². The van der Waals surface area contributed by atoms with Crippen molar-refractivity contribution in [2.45, 2.75) is 25.3 Å². The molecule has 1 unspecified atom stereocenters. The Bertz CT molecular complexity index is 320. The number of amides is 2. The van der Waals surface area contributed by atoms with Crippen molar-refractivity contribution < 1.29 is 14.7 Å². The molecule has 0 bridgehead atoms. The van der Waals surface area contributed by atoms with E-state index in [1.165, 1.54) is 0 Å². The number of urea groups is 1. The van der Waals surface area contributed by atoms with E-state index in [4.69, 9.17) is 15.7 Å². The number of carbonyl (C=O) groups is 1. The van der Waals surface area contributed by atoms with Gasteiger partial charge in [-0.2, -0.15) is 0 Å². The minimum atomic E-state index is -0.0385. The van der Waals surface area contributed by atoms with Gasteiger partial charge in [-0.15, -0.1) is 0 Å². The molecule has 2 saturated heterocycles. The van der Waals surface area contributed by atoms with Gasteiger partial charge in [0.2, 0.25) is 0 Å². The molecular formula is C11H20N4O3. The fourth-order valence-corrected chi connectivity index (χ4v) is 2.37. The lowest BCUT2D eigenvalue weighted by Gasteiger charge is -2.32. The van der Waals surface area contributed by atoms with E-state index in [-0.39, 0.29) is 23.8 Å². The van der Waals surface area contributed by atoms with Crippen molar-refractivity contribution in [3.05, 3.63) is 0 Å². The van der Waals surface area contributed by atoms with Gasteiger partial charge in [-0.05, 0) is 19.3 Å². The number of hydrogen-bond acceptors (Lipinski definition) is 4. The van der Waals surface area contributed by atoms with Crippen LogP contribution in [0.1, 0.15) is 19.3 Å². The summed E-state index contributed by atoms with van der Waals surface area (Å²) in [6, 6.07) is 0.0998. The van der Waals surface area contributed by atoms with Gasteiger partial charge in [0.05, 0.1) is 12.6 Å². The van der Waals surface area contributed by atoms with E-state index in [1.54, 1.807) is 4.90 Å². The second-order valence-electron chi connectivity index (χ2n) is 4.80. The number of nitrogens with one attached hydrogen (secondary N) is 1. The van der Waals surface area contributed by atoms with Crippen LogP contribution in [0.5, 0.6) is 0 Å². The second kappa shape index (κ2) is 5.90. The molecule has 2 rings (SSSR count). The van der Waals surface area contributed by atoms with E-state index < -0.39 is 0 Å². The summed E-state index contributed by atoms with van der Waals surface area (Å²) in [5, 5.41) is 14.6. The summed E-state index contributed by atoms with van der Waals surface area (Å²) in [4.78, 5) is 13.7. The van der Waals surface area contributed by atoms with Crippen LogP contribution in [0, 0.1) is 5.92 Å². The van der Waals surface area contributed by atoms with Crippen LogP contribution >= 0.6 is 0 Å². The predicted molar refractivity (Wildman–Crippen MR) is 65.5 cm³/mol.